The Morgan fingerprint density at radius 2 is 2.00 bits per heavy atom. The number of anilines is 1. The summed E-state index contributed by atoms with van der Waals surface area (Å²) < 4.78 is 13.8. The normalized spacial score (nSPS) is 10.5. The molecule has 0 heterocycles. The average molecular weight is 329 g/mol. The van der Waals surface area contributed by atoms with E-state index in [1.807, 2.05) is 0 Å². The van der Waals surface area contributed by atoms with Crippen LogP contribution < -0.4 is 5.32 Å². The summed E-state index contributed by atoms with van der Waals surface area (Å²) in [7, 11) is 0. The Balaban J connectivity index is 2.23. The van der Waals surface area contributed by atoms with Crippen LogP contribution in [0.1, 0.15) is 11.1 Å². The van der Waals surface area contributed by atoms with Crippen LogP contribution in [0.15, 0.2) is 30.3 Å². The van der Waals surface area contributed by atoms with Crippen molar-refractivity contribution >= 4 is 34.6 Å². The monoisotopic (exact) mass is 328 g/mol. The third-order valence-electron chi connectivity index (χ3n) is 2.99. The van der Waals surface area contributed by atoms with Crippen molar-refractivity contribution in [2.24, 2.45) is 0 Å². The molecule has 110 valence electrons. The van der Waals surface area contributed by atoms with Gasteiger partial charge in [-0.3, -0.25) is 10.1 Å². The maximum atomic E-state index is 13.8. The number of benzene rings is 2. The lowest BCUT2D eigenvalue weighted by atomic mass is 10.1. The fraction of sp³-hybridized carbons (Fsp3) is 0.143. The van der Waals surface area contributed by atoms with Gasteiger partial charge in [-0.05, 0) is 24.6 Å². The number of halogens is 3. The van der Waals surface area contributed by atoms with E-state index in [2.05, 4.69) is 5.32 Å². The standard InChI is InChI=1S/C14H11Cl2FN2O2/c1-8-5-13(19(20)21)11(16)6-12(8)18-7-9-3-2-4-10(15)14(9)17/h2-6,18H,7H2,1H3. The van der Waals surface area contributed by atoms with Crippen molar-refractivity contribution < 1.29 is 9.31 Å². The molecule has 0 bridgehead atoms. The van der Waals surface area contributed by atoms with Crippen LogP contribution >= 0.6 is 23.2 Å². The Kier molecular flexibility index (Phi) is 4.65. The van der Waals surface area contributed by atoms with E-state index in [1.165, 1.54) is 18.2 Å². The zero-order chi connectivity index (χ0) is 15.6. The topological polar surface area (TPSA) is 55.2 Å². The Labute approximate surface area is 130 Å². The number of rotatable bonds is 4. The van der Waals surface area contributed by atoms with Crippen LogP contribution in [0.2, 0.25) is 10.0 Å². The fourth-order valence-corrected chi connectivity index (χ4v) is 2.30. The van der Waals surface area contributed by atoms with Crippen LogP contribution in [0, 0.1) is 22.9 Å². The second kappa shape index (κ2) is 6.28. The highest BCUT2D eigenvalue weighted by Crippen LogP contribution is 2.31. The molecule has 0 saturated carbocycles. The number of aryl methyl sites for hydroxylation is 1. The van der Waals surface area contributed by atoms with E-state index in [0.717, 1.165) is 0 Å². The van der Waals surface area contributed by atoms with Gasteiger partial charge in [-0.2, -0.15) is 0 Å². The SMILES string of the molecule is Cc1cc([N+](=O)[O-])c(Cl)cc1NCc1cccc(Cl)c1F. The number of nitro benzene ring substituents is 1. The van der Waals surface area contributed by atoms with Gasteiger partial charge in [0.15, 0.2) is 0 Å². The molecule has 21 heavy (non-hydrogen) atoms. The molecule has 0 radical (unpaired) electrons. The first-order valence-corrected chi connectivity index (χ1v) is 6.77. The third-order valence-corrected chi connectivity index (χ3v) is 3.59. The summed E-state index contributed by atoms with van der Waals surface area (Å²) in [6, 6.07) is 7.56. The predicted molar refractivity (Wildman–Crippen MR) is 81.6 cm³/mol. The molecule has 0 aliphatic heterocycles. The third kappa shape index (κ3) is 3.43. The van der Waals surface area contributed by atoms with Crippen molar-refractivity contribution in [1.82, 2.24) is 0 Å². The molecule has 0 atom stereocenters. The first-order chi connectivity index (χ1) is 9.90. The van der Waals surface area contributed by atoms with Crippen LogP contribution in [-0.2, 0) is 6.54 Å². The summed E-state index contributed by atoms with van der Waals surface area (Å²) in [6.07, 6.45) is 0. The summed E-state index contributed by atoms with van der Waals surface area (Å²) in [4.78, 5) is 10.2. The largest absolute Gasteiger partial charge is 0.381 e. The Morgan fingerprint density at radius 1 is 1.29 bits per heavy atom. The smallest absolute Gasteiger partial charge is 0.288 e. The molecule has 2 aromatic carbocycles. The summed E-state index contributed by atoms with van der Waals surface area (Å²) in [5, 5.41) is 13.9. The highest BCUT2D eigenvalue weighted by atomic mass is 35.5. The lowest BCUT2D eigenvalue weighted by molar-refractivity contribution is -0.384. The zero-order valence-electron chi connectivity index (χ0n) is 11.0. The molecule has 1 N–H and O–H groups in total. The van der Waals surface area contributed by atoms with Gasteiger partial charge < -0.3 is 5.32 Å². The van der Waals surface area contributed by atoms with E-state index in [4.69, 9.17) is 23.2 Å². The second-order valence-corrected chi connectivity index (χ2v) is 5.26. The molecule has 0 fully saturated rings. The van der Waals surface area contributed by atoms with Gasteiger partial charge >= 0.3 is 0 Å². The van der Waals surface area contributed by atoms with Gasteiger partial charge in [-0.25, -0.2) is 4.39 Å². The minimum absolute atomic E-state index is 0.0275. The van der Waals surface area contributed by atoms with Crippen molar-refractivity contribution in [3.63, 3.8) is 0 Å². The van der Waals surface area contributed by atoms with E-state index < -0.39 is 10.7 Å². The number of nitrogens with one attached hydrogen (secondary N) is 1. The molecule has 0 aliphatic rings. The minimum atomic E-state index is -0.546. The van der Waals surface area contributed by atoms with Crippen LogP contribution in [-0.4, -0.2) is 4.92 Å². The summed E-state index contributed by atoms with van der Waals surface area (Å²) in [6.45, 7) is 1.90. The van der Waals surface area contributed by atoms with Crippen LogP contribution in [0.25, 0.3) is 0 Å². The fourth-order valence-electron chi connectivity index (χ4n) is 1.87. The second-order valence-electron chi connectivity index (χ2n) is 4.44. The summed E-state index contributed by atoms with van der Waals surface area (Å²) in [5.74, 6) is -0.489. The number of nitro groups is 1. The van der Waals surface area contributed by atoms with E-state index >= 15 is 0 Å². The Hall–Kier alpha value is -1.85. The molecule has 2 rings (SSSR count). The van der Waals surface area contributed by atoms with Crippen molar-refractivity contribution in [1.29, 1.82) is 0 Å². The molecule has 4 nitrogen and oxygen atoms in total. The number of nitrogens with zero attached hydrogens (tertiary/aromatic N) is 1. The van der Waals surface area contributed by atoms with Gasteiger partial charge in [-0.15, -0.1) is 0 Å². The molecule has 2 aromatic rings. The summed E-state index contributed by atoms with van der Waals surface area (Å²) in [5.41, 5.74) is 1.49. The molecular weight excluding hydrogens is 318 g/mol. The molecule has 7 heteroatoms. The van der Waals surface area contributed by atoms with Crippen molar-refractivity contribution in [3.8, 4) is 0 Å². The van der Waals surface area contributed by atoms with Crippen molar-refractivity contribution in [2.45, 2.75) is 13.5 Å². The maximum Gasteiger partial charge on any atom is 0.288 e. The molecule has 0 spiro atoms. The maximum absolute atomic E-state index is 13.8. The first kappa shape index (κ1) is 15.5. The lowest BCUT2D eigenvalue weighted by Gasteiger charge is -2.11. The van der Waals surface area contributed by atoms with Gasteiger partial charge in [0.2, 0.25) is 0 Å². The van der Waals surface area contributed by atoms with Gasteiger partial charge in [0, 0.05) is 23.9 Å². The molecule has 0 aromatic heterocycles. The van der Waals surface area contributed by atoms with Crippen molar-refractivity contribution in [2.75, 3.05) is 5.32 Å². The van der Waals surface area contributed by atoms with E-state index in [-0.39, 0.29) is 22.3 Å². The van der Waals surface area contributed by atoms with E-state index in [0.29, 0.717) is 16.8 Å². The quantitative estimate of drug-likeness (QED) is 0.637. The van der Waals surface area contributed by atoms with Crippen LogP contribution in [0.4, 0.5) is 15.8 Å². The predicted octanol–water partition coefficient (Wildman–Crippen LogP) is 4.96. The summed E-state index contributed by atoms with van der Waals surface area (Å²) >= 11 is 11.6. The molecule has 0 amide bonds. The van der Waals surface area contributed by atoms with Crippen LogP contribution in [0.5, 0.6) is 0 Å². The average Bonchev–Trinajstić information content (AvgIpc) is 2.43. The first-order valence-electron chi connectivity index (χ1n) is 6.01. The minimum Gasteiger partial charge on any atom is -0.381 e. The van der Waals surface area contributed by atoms with Gasteiger partial charge in [0.05, 0.1) is 9.95 Å². The van der Waals surface area contributed by atoms with Crippen LogP contribution in [0.3, 0.4) is 0 Å². The highest BCUT2D eigenvalue weighted by molar-refractivity contribution is 6.33. The van der Waals surface area contributed by atoms with E-state index in [1.54, 1.807) is 19.1 Å². The molecular formula is C14H11Cl2FN2O2. The van der Waals surface area contributed by atoms with Gasteiger partial charge in [-0.1, -0.05) is 35.3 Å². The molecule has 0 saturated heterocycles. The number of hydrogen-bond acceptors (Lipinski definition) is 3. The highest BCUT2D eigenvalue weighted by Gasteiger charge is 2.15. The number of hydrogen-bond donors (Lipinski definition) is 1. The van der Waals surface area contributed by atoms with Gasteiger partial charge in [0.1, 0.15) is 10.8 Å². The van der Waals surface area contributed by atoms with Gasteiger partial charge in [0.25, 0.3) is 5.69 Å². The molecule has 0 unspecified atom stereocenters. The van der Waals surface area contributed by atoms with E-state index in [9.17, 15) is 14.5 Å². The molecule has 0 aliphatic carbocycles. The Morgan fingerprint density at radius 3 is 2.67 bits per heavy atom. The van der Waals surface area contributed by atoms with Crippen molar-refractivity contribution in [3.05, 3.63) is 67.4 Å². The Bertz CT molecular complexity index is 708. The zero-order valence-corrected chi connectivity index (χ0v) is 12.5. The lowest BCUT2D eigenvalue weighted by Crippen LogP contribution is -2.04.